The van der Waals surface area contributed by atoms with Gasteiger partial charge in [-0.05, 0) is 30.5 Å². The zero-order valence-corrected chi connectivity index (χ0v) is 10.8. The topological polar surface area (TPSA) is 49.3 Å². The molecule has 0 unspecified atom stereocenters. The van der Waals surface area contributed by atoms with Gasteiger partial charge < -0.3 is 10.4 Å². The molecule has 4 heteroatoms. The van der Waals surface area contributed by atoms with Gasteiger partial charge in [-0.15, -0.1) is 0 Å². The average molecular weight is 271 g/mol. The van der Waals surface area contributed by atoms with Gasteiger partial charge in [-0.25, -0.2) is 4.39 Å². The van der Waals surface area contributed by atoms with Crippen LogP contribution in [-0.4, -0.2) is 11.0 Å². The van der Waals surface area contributed by atoms with Crippen LogP contribution in [-0.2, 0) is 10.2 Å². The molecule has 0 radical (unpaired) electrons. The first kappa shape index (κ1) is 12.7. The van der Waals surface area contributed by atoms with Crippen LogP contribution in [0.4, 0.5) is 10.1 Å². The van der Waals surface area contributed by atoms with E-state index in [1.165, 1.54) is 12.1 Å². The van der Waals surface area contributed by atoms with E-state index >= 15 is 0 Å². The van der Waals surface area contributed by atoms with Crippen molar-refractivity contribution < 1.29 is 14.3 Å². The smallest absolute Gasteiger partial charge is 0.235 e. The fourth-order valence-corrected chi connectivity index (χ4v) is 2.38. The average Bonchev–Trinajstić information content (AvgIpc) is 3.24. The zero-order valence-electron chi connectivity index (χ0n) is 10.8. The van der Waals surface area contributed by atoms with Gasteiger partial charge in [0.2, 0.25) is 5.91 Å². The van der Waals surface area contributed by atoms with E-state index in [4.69, 9.17) is 5.11 Å². The van der Waals surface area contributed by atoms with E-state index in [-0.39, 0.29) is 17.3 Å². The summed E-state index contributed by atoms with van der Waals surface area (Å²) in [7, 11) is 0. The van der Waals surface area contributed by atoms with Crippen LogP contribution in [0.2, 0.25) is 0 Å². The number of benzene rings is 2. The Balaban J connectivity index is 1.83. The molecule has 1 aliphatic rings. The second-order valence-corrected chi connectivity index (χ2v) is 5.07. The highest BCUT2D eigenvalue weighted by Gasteiger charge is 2.51. The Morgan fingerprint density at radius 2 is 1.85 bits per heavy atom. The second-order valence-electron chi connectivity index (χ2n) is 5.07. The first-order valence-corrected chi connectivity index (χ1v) is 6.47. The summed E-state index contributed by atoms with van der Waals surface area (Å²) < 4.78 is 13.6. The predicted octanol–water partition coefficient (Wildman–Crippen LogP) is 3.20. The lowest BCUT2D eigenvalue weighted by Gasteiger charge is -2.16. The number of carbonyl (C=O) groups excluding carboxylic acids is 1. The van der Waals surface area contributed by atoms with Gasteiger partial charge in [0, 0.05) is 6.07 Å². The normalized spacial score (nSPS) is 15.7. The summed E-state index contributed by atoms with van der Waals surface area (Å²) in [5, 5.41) is 11.8. The summed E-state index contributed by atoms with van der Waals surface area (Å²) in [5.74, 6) is -1.000. The van der Waals surface area contributed by atoms with Crippen molar-refractivity contribution in [2.45, 2.75) is 18.3 Å². The monoisotopic (exact) mass is 271 g/mol. The molecule has 0 atom stereocenters. The molecule has 1 saturated carbocycles. The number of aromatic hydroxyl groups is 1. The fourth-order valence-electron chi connectivity index (χ4n) is 2.38. The molecule has 2 N–H and O–H groups in total. The summed E-state index contributed by atoms with van der Waals surface area (Å²) in [6.07, 6.45) is 1.53. The third-order valence-electron chi connectivity index (χ3n) is 3.71. The summed E-state index contributed by atoms with van der Waals surface area (Å²) in [6, 6.07) is 13.2. The zero-order chi connectivity index (χ0) is 14.2. The third-order valence-corrected chi connectivity index (χ3v) is 3.71. The van der Waals surface area contributed by atoms with Gasteiger partial charge in [-0.2, -0.15) is 0 Å². The fraction of sp³-hybridized carbons (Fsp3) is 0.188. The van der Waals surface area contributed by atoms with Crippen molar-refractivity contribution >= 4 is 11.6 Å². The van der Waals surface area contributed by atoms with Crippen molar-refractivity contribution in [2.75, 3.05) is 5.32 Å². The van der Waals surface area contributed by atoms with Crippen LogP contribution < -0.4 is 5.32 Å². The Labute approximate surface area is 116 Å². The first-order valence-electron chi connectivity index (χ1n) is 6.47. The Morgan fingerprint density at radius 1 is 1.15 bits per heavy atom. The highest BCUT2D eigenvalue weighted by Crippen LogP contribution is 2.49. The van der Waals surface area contributed by atoms with Gasteiger partial charge in [0.25, 0.3) is 0 Å². The molecule has 0 bridgehead atoms. The molecular formula is C16H14FNO2. The molecular weight excluding hydrogens is 257 g/mol. The molecule has 2 aromatic rings. The second kappa shape index (κ2) is 4.63. The lowest BCUT2D eigenvalue weighted by Crippen LogP contribution is -2.28. The van der Waals surface area contributed by atoms with Crippen molar-refractivity contribution in [1.29, 1.82) is 0 Å². The summed E-state index contributed by atoms with van der Waals surface area (Å²) in [4.78, 5) is 12.4. The van der Waals surface area contributed by atoms with Gasteiger partial charge in [0.15, 0.2) is 0 Å². The van der Waals surface area contributed by atoms with Crippen LogP contribution >= 0.6 is 0 Å². The van der Waals surface area contributed by atoms with Gasteiger partial charge >= 0.3 is 0 Å². The standard InChI is InChI=1S/C16H14FNO2/c17-13-10-12(19)6-7-14(13)18-15(20)16(8-9-16)11-4-2-1-3-5-11/h1-7,10,19H,8-9H2,(H,18,20). The van der Waals surface area contributed by atoms with Crippen LogP contribution in [0.25, 0.3) is 0 Å². The largest absolute Gasteiger partial charge is 0.508 e. The number of rotatable bonds is 3. The quantitative estimate of drug-likeness (QED) is 0.842. The number of nitrogens with one attached hydrogen (secondary N) is 1. The Morgan fingerprint density at radius 3 is 2.45 bits per heavy atom. The minimum Gasteiger partial charge on any atom is -0.508 e. The maximum absolute atomic E-state index is 13.6. The Bertz CT molecular complexity index is 651. The number of hydrogen-bond donors (Lipinski definition) is 2. The molecule has 1 amide bonds. The van der Waals surface area contributed by atoms with E-state index in [0.29, 0.717) is 0 Å². The number of anilines is 1. The summed E-state index contributed by atoms with van der Waals surface area (Å²) >= 11 is 0. The molecule has 20 heavy (non-hydrogen) atoms. The first-order chi connectivity index (χ1) is 9.62. The van der Waals surface area contributed by atoms with Crippen LogP contribution in [0.15, 0.2) is 48.5 Å². The molecule has 1 fully saturated rings. The van der Waals surface area contributed by atoms with Gasteiger partial charge in [-0.3, -0.25) is 4.79 Å². The lowest BCUT2D eigenvalue weighted by atomic mass is 9.95. The molecule has 0 aromatic heterocycles. The van der Waals surface area contributed by atoms with Gasteiger partial charge in [0.1, 0.15) is 11.6 Å². The molecule has 0 saturated heterocycles. The van der Waals surface area contributed by atoms with E-state index in [1.807, 2.05) is 30.3 Å². The Kier molecular flexibility index (Phi) is 2.93. The molecule has 0 heterocycles. The maximum Gasteiger partial charge on any atom is 0.235 e. The van der Waals surface area contributed by atoms with Gasteiger partial charge in [-0.1, -0.05) is 30.3 Å². The van der Waals surface area contributed by atoms with Crippen molar-refractivity contribution in [1.82, 2.24) is 0 Å². The minimum atomic E-state index is -0.637. The summed E-state index contributed by atoms with van der Waals surface area (Å²) in [6.45, 7) is 0. The van der Waals surface area contributed by atoms with E-state index in [1.54, 1.807) is 0 Å². The molecule has 2 aromatic carbocycles. The van der Waals surface area contributed by atoms with Crippen molar-refractivity contribution in [3.63, 3.8) is 0 Å². The summed E-state index contributed by atoms with van der Waals surface area (Å²) in [5.41, 5.74) is 0.512. The molecule has 0 spiro atoms. The van der Waals surface area contributed by atoms with Crippen LogP contribution in [0, 0.1) is 5.82 Å². The van der Waals surface area contributed by atoms with E-state index < -0.39 is 11.2 Å². The third kappa shape index (κ3) is 2.13. The van der Waals surface area contributed by atoms with Crippen LogP contribution in [0.3, 0.4) is 0 Å². The minimum absolute atomic E-state index is 0.0926. The maximum atomic E-state index is 13.6. The number of halogens is 1. The predicted molar refractivity (Wildman–Crippen MR) is 74.0 cm³/mol. The lowest BCUT2D eigenvalue weighted by molar-refractivity contribution is -0.118. The number of amides is 1. The van der Waals surface area contributed by atoms with Crippen LogP contribution in [0.5, 0.6) is 5.75 Å². The SMILES string of the molecule is O=C(Nc1ccc(O)cc1F)C1(c2ccccc2)CC1. The van der Waals surface area contributed by atoms with E-state index in [0.717, 1.165) is 24.5 Å². The highest BCUT2D eigenvalue weighted by atomic mass is 19.1. The van der Waals surface area contributed by atoms with Crippen molar-refractivity contribution in [3.05, 3.63) is 59.9 Å². The van der Waals surface area contributed by atoms with Gasteiger partial charge in [0.05, 0.1) is 11.1 Å². The molecule has 1 aliphatic carbocycles. The highest BCUT2D eigenvalue weighted by molar-refractivity contribution is 6.01. The number of phenolic OH excluding ortho intramolecular Hbond substituents is 1. The number of carbonyl (C=O) groups is 1. The molecule has 0 aliphatic heterocycles. The van der Waals surface area contributed by atoms with E-state index in [9.17, 15) is 9.18 Å². The van der Waals surface area contributed by atoms with E-state index in [2.05, 4.69) is 5.32 Å². The molecule has 3 nitrogen and oxygen atoms in total. The molecule has 3 rings (SSSR count). The molecule has 102 valence electrons. The van der Waals surface area contributed by atoms with Crippen molar-refractivity contribution in [3.8, 4) is 5.75 Å². The van der Waals surface area contributed by atoms with Crippen molar-refractivity contribution in [2.24, 2.45) is 0 Å². The number of hydrogen-bond acceptors (Lipinski definition) is 2. The number of phenols is 1. The Hall–Kier alpha value is -2.36. The van der Waals surface area contributed by atoms with Crippen LogP contribution in [0.1, 0.15) is 18.4 Å².